The second-order valence-corrected chi connectivity index (χ2v) is 3.93. The highest BCUT2D eigenvalue weighted by atomic mass is 31.1. The van der Waals surface area contributed by atoms with Crippen LogP contribution in [0.15, 0.2) is 0 Å². The van der Waals surface area contributed by atoms with E-state index in [0.717, 1.165) is 0 Å². The first-order valence-electron chi connectivity index (χ1n) is 2.82. The monoisotopic (exact) mass is 166 g/mol. The number of hydrogen-bond acceptors (Lipinski definition) is 3. The number of carbonyl (C=O) groups is 1. The lowest BCUT2D eigenvalue weighted by molar-refractivity contribution is 0.114. The lowest BCUT2D eigenvalue weighted by Gasteiger charge is -2.18. The summed E-state index contributed by atoms with van der Waals surface area (Å²) in [5.41, 5.74) is -1.03. The molecule has 3 N–H and O–H groups in total. The van der Waals surface area contributed by atoms with Crippen LogP contribution < -0.4 is 0 Å². The van der Waals surface area contributed by atoms with E-state index in [-0.39, 0.29) is 13.0 Å². The SMILES string of the molecule is CC(O)(CCO)PC(=O)O. The Labute approximate surface area is 60.7 Å². The molecular formula is C5H11O4P. The molecule has 0 aromatic rings. The van der Waals surface area contributed by atoms with Crippen molar-refractivity contribution in [2.24, 2.45) is 0 Å². The van der Waals surface area contributed by atoms with E-state index in [4.69, 9.17) is 15.3 Å². The topological polar surface area (TPSA) is 77.8 Å². The quantitative estimate of drug-likeness (QED) is 0.529. The van der Waals surface area contributed by atoms with Crippen molar-refractivity contribution in [3.63, 3.8) is 0 Å². The van der Waals surface area contributed by atoms with Crippen LogP contribution in [0.3, 0.4) is 0 Å². The number of carboxylic acid groups (broad SMARTS) is 1. The van der Waals surface area contributed by atoms with Crippen LogP contribution in [-0.4, -0.2) is 33.0 Å². The van der Waals surface area contributed by atoms with Gasteiger partial charge in [0.1, 0.15) is 0 Å². The van der Waals surface area contributed by atoms with Gasteiger partial charge in [0.2, 0.25) is 0 Å². The first-order chi connectivity index (χ1) is 4.48. The van der Waals surface area contributed by atoms with Gasteiger partial charge in [0, 0.05) is 21.6 Å². The van der Waals surface area contributed by atoms with Gasteiger partial charge in [-0.2, -0.15) is 0 Å². The molecule has 0 saturated carbocycles. The van der Waals surface area contributed by atoms with Gasteiger partial charge in [-0.15, -0.1) is 0 Å². The summed E-state index contributed by atoms with van der Waals surface area (Å²) < 4.78 is 0. The predicted octanol–water partition coefficient (Wildman–Crippen LogP) is 0.434. The van der Waals surface area contributed by atoms with Crippen LogP contribution in [0.1, 0.15) is 13.3 Å². The molecule has 0 radical (unpaired) electrons. The normalized spacial score (nSPS) is 17.5. The van der Waals surface area contributed by atoms with E-state index in [1.165, 1.54) is 6.92 Å². The summed E-state index contributed by atoms with van der Waals surface area (Å²) in [5.74, 6) is 0. The summed E-state index contributed by atoms with van der Waals surface area (Å²) in [7, 11) is -0.566. The van der Waals surface area contributed by atoms with Crippen molar-refractivity contribution in [3.8, 4) is 0 Å². The number of rotatable bonds is 4. The third-order valence-electron chi connectivity index (χ3n) is 0.975. The van der Waals surface area contributed by atoms with Gasteiger partial charge in [0.25, 0.3) is 0 Å². The third kappa shape index (κ3) is 4.68. The summed E-state index contributed by atoms with van der Waals surface area (Å²) in [4.78, 5) is 10.1. The maximum atomic E-state index is 10.1. The minimum atomic E-state index is -1.25. The molecule has 4 nitrogen and oxygen atoms in total. The summed E-state index contributed by atoms with van der Waals surface area (Å²) in [6, 6.07) is 0. The Morgan fingerprint density at radius 1 is 1.70 bits per heavy atom. The first kappa shape index (κ1) is 9.82. The molecule has 0 aliphatic rings. The Kier molecular flexibility index (Phi) is 3.79. The van der Waals surface area contributed by atoms with Gasteiger partial charge < -0.3 is 15.3 Å². The smallest absolute Gasteiger partial charge is 0.323 e. The van der Waals surface area contributed by atoms with Gasteiger partial charge >= 0.3 is 5.71 Å². The number of aliphatic hydroxyl groups excluding tert-OH is 1. The minimum Gasteiger partial charge on any atom is -0.478 e. The van der Waals surface area contributed by atoms with Gasteiger partial charge in [-0.05, 0) is 6.92 Å². The average molecular weight is 166 g/mol. The molecule has 0 bridgehead atoms. The lowest BCUT2D eigenvalue weighted by atomic mass is 10.3. The average Bonchev–Trinajstić information content (AvgIpc) is 1.59. The van der Waals surface area contributed by atoms with Gasteiger partial charge in [-0.25, -0.2) is 4.79 Å². The van der Waals surface area contributed by atoms with Gasteiger partial charge in [0.05, 0.1) is 5.34 Å². The molecule has 60 valence electrons. The van der Waals surface area contributed by atoms with Crippen molar-refractivity contribution in [1.82, 2.24) is 0 Å². The first-order valence-corrected chi connectivity index (χ1v) is 3.82. The summed E-state index contributed by atoms with van der Waals surface area (Å²) in [6.45, 7) is 1.21. The van der Waals surface area contributed by atoms with Crippen molar-refractivity contribution < 1.29 is 20.1 Å². The van der Waals surface area contributed by atoms with Crippen LogP contribution in [0, 0.1) is 0 Å². The molecule has 0 saturated heterocycles. The molecule has 0 fully saturated rings. The van der Waals surface area contributed by atoms with Crippen LogP contribution in [-0.2, 0) is 0 Å². The van der Waals surface area contributed by atoms with E-state index < -0.39 is 19.6 Å². The van der Waals surface area contributed by atoms with E-state index >= 15 is 0 Å². The highest BCUT2D eigenvalue weighted by molar-refractivity contribution is 7.58. The number of hydrogen-bond donors (Lipinski definition) is 3. The zero-order valence-corrected chi connectivity index (χ0v) is 6.66. The second-order valence-electron chi connectivity index (χ2n) is 2.18. The van der Waals surface area contributed by atoms with Gasteiger partial charge in [0.15, 0.2) is 0 Å². The minimum absolute atomic E-state index is 0.109. The highest BCUT2D eigenvalue weighted by Crippen LogP contribution is 2.31. The summed E-state index contributed by atoms with van der Waals surface area (Å²) >= 11 is 0. The van der Waals surface area contributed by atoms with Crippen molar-refractivity contribution in [2.45, 2.75) is 18.7 Å². The third-order valence-corrected chi connectivity index (χ3v) is 1.98. The molecule has 5 heteroatoms. The van der Waals surface area contributed by atoms with Gasteiger partial charge in [-0.1, -0.05) is 0 Å². The van der Waals surface area contributed by atoms with Crippen LogP contribution in [0.25, 0.3) is 0 Å². The lowest BCUT2D eigenvalue weighted by Crippen LogP contribution is -2.20. The molecule has 0 amide bonds. The van der Waals surface area contributed by atoms with Crippen LogP contribution >= 0.6 is 8.58 Å². The Balaban J connectivity index is 3.74. The van der Waals surface area contributed by atoms with Crippen LogP contribution in [0.5, 0.6) is 0 Å². The Hall–Kier alpha value is -0.180. The molecule has 0 aromatic heterocycles. The molecule has 2 unspecified atom stereocenters. The maximum absolute atomic E-state index is 10.1. The standard InChI is InChI=1S/C5H11O4P/c1-5(9,2-3-6)10-4(7)8/h6,9-10H,2-3H2,1H3,(H,7,8). The van der Waals surface area contributed by atoms with Gasteiger partial charge in [-0.3, -0.25) is 0 Å². The fourth-order valence-corrected chi connectivity index (χ4v) is 1.21. The highest BCUT2D eigenvalue weighted by Gasteiger charge is 2.22. The van der Waals surface area contributed by atoms with E-state index in [1.807, 2.05) is 0 Å². The van der Waals surface area contributed by atoms with Crippen molar-refractivity contribution >= 4 is 14.3 Å². The Morgan fingerprint density at radius 2 is 2.20 bits per heavy atom. The maximum Gasteiger partial charge on any atom is 0.323 e. The van der Waals surface area contributed by atoms with E-state index in [1.54, 1.807) is 0 Å². The molecular weight excluding hydrogens is 155 g/mol. The number of aliphatic hydroxyl groups is 2. The van der Waals surface area contributed by atoms with Crippen molar-refractivity contribution in [1.29, 1.82) is 0 Å². The zero-order valence-electron chi connectivity index (χ0n) is 5.66. The molecule has 0 aliphatic heterocycles. The van der Waals surface area contributed by atoms with Crippen LogP contribution in [0.2, 0.25) is 0 Å². The Morgan fingerprint density at radius 3 is 2.50 bits per heavy atom. The van der Waals surface area contributed by atoms with E-state index in [9.17, 15) is 4.79 Å². The largest absolute Gasteiger partial charge is 0.478 e. The molecule has 10 heavy (non-hydrogen) atoms. The summed E-state index contributed by atoms with van der Waals surface area (Å²) in [5, 5.41) is 24.5. The van der Waals surface area contributed by atoms with E-state index in [0.29, 0.717) is 0 Å². The molecule has 0 spiro atoms. The molecule has 0 aromatic carbocycles. The summed E-state index contributed by atoms with van der Waals surface area (Å²) in [6.07, 6.45) is 0.109. The molecule has 0 heterocycles. The second kappa shape index (κ2) is 3.86. The Bertz CT molecular complexity index is 123. The van der Waals surface area contributed by atoms with Crippen molar-refractivity contribution in [2.75, 3.05) is 6.61 Å². The fourth-order valence-electron chi connectivity index (χ4n) is 0.511. The predicted molar refractivity (Wildman–Crippen MR) is 38.7 cm³/mol. The fraction of sp³-hybridized carbons (Fsp3) is 0.800. The molecule has 0 rings (SSSR count). The molecule has 0 aliphatic carbocycles. The van der Waals surface area contributed by atoms with E-state index in [2.05, 4.69) is 0 Å². The van der Waals surface area contributed by atoms with Crippen molar-refractivity contribution in [3.05, 3.63) is 0 Å². The zero-order chi connectivity index (χ0) is 8.20. The van der Waals surface area contributed by atoms with Crippen LogP contribution in [0.4, 0.5) is 4.79 Å². The molecule has 2 atom stereocenters.